The summed E-state index contributed by atoms with van der Waals surface area (Å²) in [4.78, 5) is 35.4. The molecule has 0 fully saturated rings. The summed E-state index contributed by atoms with van der Waals surface area (Å²) >= 11 is 5.92. The monoisotopic (exact) mass is 368 g/mol. The van der Waals surface area contributed by atoms with Crippen molar-refractivity contribution >= 4 is 29.4 Å². The van der Waals surface area contributed by atoms with Crippen molar-refractivity contribution in [3.63, 3.8) is 0 Å². The molecule has 7 heteroatoms. The average molecular weight is 369 g/mol. The number of halogens is 1. The minimum atomic E-state index is -0.902. The van der Waals surface area contributed by atoms with E-state index in [0.29, 0.717) is 12.3 Å². The fourth-order valence-corrected chi connectivity index (χ4v) is 2.71. The summed E-state index contributed by atoms with van der Waals surface area (Å²) in [6.45, 7) is 5.79. The molecular formula is C18H25ClN2O4. The van der Waals surface area contributed by atoms with E-state index in [1.54, 1.807) is 31.2 Å². The van der Waals surface area contributed by atoms with E-state index in [2.05, 4.69) is 10.9 Å². The number of carboxylic acids is 1. The van der Waals surface area contributed by atoms with Crippen molar-refractivity contribution in [2.45, 2.75) is 40.0 Å². The predicted molar refractivity (Wildman–Crippen MR) is 96.0 cm³/mol. The molecule has 0 aliphatic carbocycles. The number of amides is 2. The third-order valence-electron chi connectivity index (χ3n) is 4.00. The van der Waals surface area contributed by atoms with Crippen LogP contribution in [-0.2, 0) is 9.59 Å². The van der Waals surface area contributed by atoms with Gasteiger partial charge in [0.1, 0.15) is 0 Å². The molecule has 6 nitrogen and oxygen atoms in total. The van der Waals surface area contributed by atoms with Gasteiger partial charge >= 0.3 is 5.97 Å². The SMILES string of the molecule is CC(C)CCC(C(=O)O)C(C)CC(=O)NNC(=O)c1ccccc1Cl. The van der Waals surface area contributed by atoms with E-state index in [1.807, 2.05) is 13.8 Å². The largest absolute Gasteiger partial charge is 0.481 e. The van der Waals surface area contributed by atoms with Crippen molar-refractivity contribution in [1.82, 2.24) is 10.9 Å². The van der Waals surface area contributed by atoms with Crippen molar-refractivity contribution in [2.75, 3.05) is 0 Å². The topological polar surface area (TPSA) is 95.5 Å². The average Bonchev–Trinajstić information content (AvgIpc) is 2.52. The zero-order chi connectivity index (χ0) is 19.0. The van der Waals surface area contributed by atoms with Gasteiger partial charge in [-0.2, -0.15) is 0 Å². The smallest absolute Gasteiger partial charge is 0.306 e. The van der Waals surface area contributed by atoms with Gasteiger partial charge in [-0.15, -0.1) is 0 Å². The Morgan fingerprint density at radius 3 is 2.28 bits per heavy atom. The van der Waals surface area contributed by atoms with E-state index in [4.69, 9.17) is 11.6 Å². The Balaban J connectivity index is 2.53. The first-order valence-electron chi connectivity index (χ1n) is 8.28. The molecule has 1 aromatic rings. The number of benzene rings is 1. The summed E-state index contributed by atoms with van der Waals surface area (Å²) in [5.41, 5.74) is 4.85. The second kappa shape index (κ2) is 10.0. The van der Waals surface area contributed by atoms with Crippen LogP contribution in [-0.4, -0.2) is 22.9 Å². The predicted octanol–water partition coefficient (Wildman–Crippen LogP) is 3.26. The lowest BCUT2D eigenvalue weighted by molar-refractivity contribution is -0.144. The van der Waals surface area contributed by atoms with Crippen molar-refractivity contribution in [3.8, 4) is 0 Å². The van der Waals surface area contributed by atoms with Crippen molar-refractivity contribution in [1.29, 1.82) is 0 Å². The highest BCUT2D eigenvalue weighted by Gasteiger charge is 2.26. The maximum absolute atomic E-state index is 12.0. The van der Waals surface area contributed by atoms with E-state index >= 15 is 0 Å². The minimum Gasteiger partial charge on any atom is -0.481 e. The number of hydrogen-bond acceptors (Lipinski definition) is 3. The van der Waals surface area contributed by atoms with E-state index in [-0.39, 0.29) is 22.9 Å². The molecule has 0 heterocycles. The number of carbonyl (C=O) groups is 3. The van der Waals surface area contributed by atoms with Gasteiger partial charge in [0.25, 0.3) is 5.91 Å². The van der Waals surface area contributed by atoms with Gasteiger partial charge in [0.2, 0.25) is 5.91 Å². The van der Waals surface area contributed by atoms with Crippen LogP contribution in [0.3, 0.4) is 0 Å². The zero-order valence-corrected chi connectivity index (χ0v) is 15.5. The number of hydrogen-bond donors (Lipinski definition) is 3. The lowest BCUT2D eigenvalue weighted by Gasteiger charge is -2.20. The van der Waals surface area contributed by atoms with Gasteiger partial charge < -0.3 is 5.11 Å². The van der Waals surface area contributed by atoms with Crippen LogP contribution < -0.4 is 10.9 Å². The third-order valence-corrected chi connectivity index (χ3v) is 4.33. The van der Waals surface area contributed by atoms with Crippen LogP contribution in [0.25, 0.3) is 0 Å². The fourth-order valence-electron chi connectivity index (χ4n) is 2.49. The van der Waals surface area contributed by atoms with Gasteiger partial charge in [-0.1, -0.05) is 50.9 Å². The Morgan fingerprint density at radius 2 is 1.72 bits per heavy atom. The van der Waals surface area contributed by atoms with Crippen molar-refractivity contribution in [3.05, 3.63) is 34.9 Å². The van der Waals surface area contributed by atoms with Gasteiger partial charge in [0.15, 0.2) is 0 Å². The summed E-state index contributed by atoms with van der Waals surface area (Å²) < 4.78 is 0. The summed E-state index contributed by atoms with van der Waals surface area (Å²) in [6.07, 6.45) is 1.32. The lowest BCUT2D eigenvalue weighted by Crippen LogP contribution is -2.42. The van der Waals surface area contributed by atoms with E-state index in [1.165, 1.54) is 0 Å². The third kappa shape index (κ3) is 7.13. The molecule has 1 aromatic carbocycles. The molecular weight excluding hydrogens is 344 g/mol. The molecule has 0 saturated heterocycles. The zero-order valence-electron chi connectivity index (χ0n) is 14.7. The Morgan fingerprint density at radius 1 is 1.08 bits per heavy atom. The van der Waals surface area contributed by atoms with Gasteiger partial charge in [0.05, 0.1) is 16.5 Å². The maximum Gasteiger partial charge on any atom is 0.306 e. The second-order valence-electron chi connectivity index (χ2n) is 6.58. The molecule has 0 bridgehead atoms. The Bertz CT molecular complexity index is 619. The summed E-state index contributed by atoms with van der Waals surface area (Å²) in [5, 5.41) is 9.63. The highest BCUT2D eigenvalue weighted by Crippen LogP contribution is 2.23. The summed E-state index contributed by atoms with van der Waals surface area (Å²) in [7, 11) is 0. The van der Waals surface area contributed by atoms with Crippen LogP contribution in [0.15, 0.2) is 24.3 Å². The Labute approximate surface area is 152 Å². The van der Waals surface area contributed by atoms with Crippen LogP contribution in [0, 0.1) is 17.8 Å². The molecule has 2 amide bonds. The summed E-state index contributed by atoms with van der Waals surface area (Å²) in [5.74, 6) is -2.40. The van der Waals surface area contributed by atoms with Gasteiger partial charge in [-0.3, -0.25) is 25.2 Å². The quantitative estimate of drug-likeness (QED) is 0.613. The van der Waals surface area contributed by atoms with Crippen LogP contribution in [0.1, 0.15) is 50.4 Å². The van der Waals surface area contributed by atoms with E-state index < -0.39 is 23.7 Å². The van der Waals surface area contributed by atoms with Crippen LogP contribution >= 0.6 is 11.6 Å². The number of rotatable bonds is 8. The molecule has 3 N–H and O–H groups in total. The molecule has 0 radical (unpaired) electrons. The molecule has 0 spiro atoms. The number of aliphatic carboxylic acids is 1. The van der Waals surface area contributed by atoms with E-state index in [0.717, 1.165) is 6.42 Å². The van der Waals surface area contributed by atoms with Crippen molar-refractivity contribution < 1.29 is 19.5 Å². The van der Waals surface area contributed by atoms with Crippen LogP contribution in [0.2, 0.25) is 5.02 Å². The molecule has 0 aliphatic rings. The lowest BCUT2D eigenvalue weighted by atomic mass is 9.85. The maximum atomic E-state index is 12.0. The van der Waals surface area contributed by atoms with Crippen LogP contribution in [0.4, 0.5) is 0 Å². The first kappa shape index (κ1) is 21.0. The number of carboxylic acid groups (broad SMARTS) is 1. The molecule has 138 valence electrons. The molecule has 0 saturated carbocycles. The molecule has 2 atom stereocenters. The Kier molecular flexibility index (Phi) is 8.41. The van der Waals surface area contributed by atoms with Gasteiger partial charge in [-0.05, 0) is 30.4 Å². The molecule has 25 heavy (non-hydrogen) atoms. The number of hydrazine groups is 1. The number of nitrogens with one attached hydrogen (secondary N) is 2. The minimum absolute atomic E-state index is 0.0118. The van der Waals surface area contributed by atoms with Crippen LogP contribution in [0.5, 0.6) is 0 Å². The molecule has 1 rings (SSSR count). The van der Waals surface area contributed by atoms with Crippen molar-refractivity contribution in [2.24, 2.45) is 17.8 Å². The van der Waals surface area contributed by atoms with Gasteiger partial charge in [0, 0.05) is 6.42 Å². The van der Waals surface area contributed by atoms with E-state index in [9.17, 15) is 19.5 Å². The second-order valence-corrected chi connectivity index (χ2v) is 6.99. The Hall–Kier alpha value is -2.08. The number of carbonyl (C=O) groups excluding carboxylic acids is 2. The molecule has 0 aliphatic heterocycles. The first-order valence-corrected chi connectivity index (χ1v) is 8.66. The molecule has 0 aromatic heterocycles. The fraction of sp³-hybridized carbons (Fsp3) is 0.500. The highest BCUT2D eigenvalue weighted by molar-refractivity contribution is 6.33. The molecule has 2 unspecified atom stereocenters. The van der Waals surface area contributed by atoms with Gasteiger partial charge in [-0.25, -0.2) is 0 Å². The standard InChI is InChI=1S/C18H25ClN2O4/c1-11(2)8-9-13(18(24)25)12(3)10-16(22)20-21-17(23)14-6-4-5-7-15(14)19/h4-7,11-13H,8-10H2,1-3H3,(H,20,22)(H,21,23)(H,24,25). The summed E-state index contributed by atoms with van der Waals surface area (Å²) in [6, 6.07) is 6.48. The normalized spacial score (nSPS) is 13.2. The highest BCUT2D eigenvalue weighted by atomic mass is 35.5. The first-order chi connectivity index (χ1) is 11.7.